The van der Waals surface area contributed by atoms with Gasteiger partial charge in [0.1, 0.15) is 11.0 Å². The molecule has 3 nitrogen and oxygen atoms in total. The molecule has 0 unspecified atom stereocenters. The second-order valence-electron chi connectivity index (χ2n) is 3.39. The van der Waals surface area contributed by atoms with Crippen molar-refractivity contribution in [3.05, 3.63) is 47.4 Å². The molecule has 0 radical (unpaired) electrons. The Balaban J connectivity index is 2.32. The molecule has 94 valence electrons. The van der Waals surface area contributed by atoms with Crippen molar-refractivity contribution in [3.8, 4) is 0 Å². The molecule has 0 fully saturated rings. The monoisotopic (exact) mass is 273 g/mol. The molecule has 0 aliphatic carbocycles. The van der Waals surface area contributed by atoms with E-state index in [4.69, 9.17) is 11.6 Å². The topological polar surface area (TPSA) is 37.8 Å². The molecule has 0 amide bonds. The average molecular weight is 274 g/mol. The molecular weight excluding hydrogens is 267 g/mol. The Morgan fingerprint density at radius 2 is 1.72 bits per heavy atom. The largest absolute Gasteiger partial charge is 0.451 e. The van der Waals surface area contributed by atoms with Crippen LogP contribution < -0.4 is 5.32 Å². The van der Waals surface area contributed by atoms with Crippen molar-refractivity contribution in [3.63, 3.8) is 0 Å². The van der Waals surface area contributed by atoms with E-state index in [9.17, 15) is 13.2 Å². The first-order valence-corrected chi connectivity index (χ1v) is 5.27. The van der Waals surface area contributed by atoms with Crippen LogP contribution in [0.3, 0.4) is 0 Å². The van der Waals surface area contributed by atoms with Crippen LogP contribution in [-0.4, -0.2) is 9.97 Å². The van der Waals surface area contributed by atoms with E-state index in [1.165, 1.54) is 6.07 Å². The van der Waals surface area contributed by atoms with Crippen molar-refractivity contribution < 1.29 is 13.2 Å². The van der Waals surface area contributed by atoms with Gasteiger partial charge in [-0.05, 0) is 12.1 Å². The summed E-state index contributed by atoms with van der Waals surface area (Å²) in [5, 5.41) is 2.45. The van der Waals surface area contributed by atoms with Gasteiger partial charge in [0.15, 0.2) is 0 Å². The van der Waals surface area contributed by atoms with Gasteiger partial charge in [0.25, 0.3) is 0 Å². The molecule has 1 aromatic heterocycles. The first-order chi connectivity index (χ1) is 8.45. The number of nitrogens with zero attached hydrogens (tertiary/aromatic N) is 2. The Labute approximate surface area is 106 Å². The Morgan fingerprint density at radius 3 is 2.33 bits per heavy atom. The lowest BCUT2D eigenvalue weighted by atomic mass is 10.3. The number of anilines is 2. The van der Waals surface area contributed by atoms with E-state index in [2.05, 4.69) is 15.3 Å². The van der Waals surface area contributed by atoms with Gasteiger partial charge in [-0.3, -0.25) is 0 Å². The highest BCUT2D eigenvalue weighted by molar-refractivity contribution is 6.29. The predicted octanol–water partition coefficient (Wildman–Crippen LogP) is 3.89. The summed E-state index contributed by atoms with van der Waals surface area (Å²) in [5.74, 6) is -1.28. The van der Waals surface area contributed by atoms with Crippen LogP contribution in [0.15, 0.2) is 36.4 Å². The summed E-state index contributed by atoms with van der Waals surface area (Å²) in [7, 11) is 0. The molecule has 1 N–H and O–H groups in total. The van der Waals surface area contributed by atoms with Crippen molar-refractivity contribution in [1.29, 1.82) is 0 Å². The van der Waals surface area contributed by atoms with Gasteiger partial charge in [-0.1, -0.05) is 29.8 Å². The van der Waals surface area contributed by atoms with E-state index in [0.29, 0.717) is 5.69 Å². The number of aromatic nitrogens is 2. The Morgan fingerprint density at radius 1 is 1.06 bits per heavy atom. The molecule has 0 aliphatic rings. The summed E-state index contributed by atoms with van der Waals surface area (Å²) >= 11 is 5.53. The number of alkyl halides is 3. The maximum Gasteiger partial charge on any atom is 0.451 e. The number of halogens is 4. The molecule has 18 heavy (non-hydrogen) atoms. The fourth-order valence-corrected chi connectivity index (χ4v) is 1.46. The first-order valence-electron chi connectivity index (χ1n) is 4.89. The van der Waals surface area contributed by atoms with Gasteiger partial charge < -0.3 is 5.32 Å². The Hall–Kier alpha value is -1.82. The molecule has 0 bridgehead atoms. The zero-order valence-electron chi connectivity index (χ0n) is 8.87. The molecule has 0 spiro atoms. The van der Waals surface area contributed by atoms with Gasteiger partial charge in [0.05, 0.1) is 0 Å². The van der Waals surface area contributed by atoms with Crippen LogP contribution in [0, 0.1) is 0 Å². The molecule has 1 heterocycles. The SMILES string of the molecule is FC(F)(F)c1nc(Cl)cc(Nc2ccccc2)n1. The minimum absolute atomic E-state index is 0.00600. The summed E-state index contributed by atoms with van der Waals surface area (Å²) in [6.45, 7) is 0. The molecule has 0 saturated heterocycles. The number of rotatable bonds is 2. The highest BCUT2D eigenvalue weighted by Gasteiger charge is 2.35. The van der Waals surface area contributed by atoms with E-state index >= 15 is 0 Å². The summed E-state index contributed by atoms with van der Waals surface area (Å²) < 4.78 is 37.4. The van der Waals surface area contributed by atoms with Crippen LogP contribution in [0.1, 0.15) is 5.82 Å². The van der Waals surface area contributed by atoms with E-state index in [-0.39, 0.29) is 11.0 Å². The lowest BCUT2D eigenvalue weighted by molar-refractivity contribution is -0.144. The quantitative estimate of drug-likeness (QED) is 0.844. The van der Waals surface area contributed by atoms with Crippen LogP contribution in [0.5, 0.6) is 0 Å². The van der Waals surface area contributed by atoms with Gasteiger partial charge in [0.2, 0.25) is 5.82 Å². The smallest absolute Gasteiger partial charge is 0.340 e. The van der Waals surface area contributed by atoms with E-state index < -0.39 is 12.0 Å². The molecule has 0 aliphatic heterocycles. The molecular formula is C11H7ClF3N3. The van der Waals surface area contributed by atoms with Crippen LogP contribution >= 0.6 is 11.6 Å². The number of nitrogens with one attached hydrogen (secondary N) is 1. The fourth-order valence-electron chi connectivity index (χ4n) is 1.28. The maximum absolute atomic E-state index is 12.5. The Bertz CT molecular complexity index is 543. The number of hydrogen-bond donors (Lipinski definition) is 1. The van der Waals surface area contributed by atoms with Crippen LogP contribution in [0.25, 0.3) is 0 Å². The summed E-state index contributed by atoms with van der Waals surface area (Å²) in [6.07, 6.45) is -4.63. The van der Waals surface area contributed by atoms with Gasteiger partial charge >= 0.3 is 6.18 Å². The van der Waals surface area contributed by atoms with Crippen LogP contribution in [0.4, 0.5) is 24.7 Å². The molecule has 0 saturated carbocycles. The van der Waals surface area contributed by atoms with Crippen molar-refractivity contribution in [2.75, 3.05) is 5.32 Å². The molecule has 2 rings (SSSR count). The zero-order chi connectivity index (χ0) is 13.2. The van der Waals surface area contributed by atoms with Gasteiger partial charge in [-0.25, -0.2) is 9.97 Å². The summed E-state index contributed by atoms with van der Waals surface area (Å²) in [5.41, 5.74) is 0.611. The normalized spacial score (nSPS) is 11.3. The molecule has 0 atom stereocenters. The second kappa shape index (κ2) is 4.81. The molecule has 7 heteroatoms. The summed E-state index contributed by atoms with van der Waals surface area (Å²) in [6, 6.07) is 9.90. The van der Waals surface area contributed by atoms with E-state index in [1.807, 2.05) is 0 Å². The van der Waals surface area contributed by atoms with Gasteiger partial charge in [0, 0.05) is 11.8 Å². The van der Waals surface area contributed by atoms with Crippen molar-refractivity contribution >= 4 is 23.1 Å². The minimum atomic E-state index is -4.63. The van der Waals surface area contributed by atoms with Crippen LogP contribution in [-0.2, 0) is 6.18 Å². The lowest BCUT2D eigenvalue weighted by Crippen LogP contribution is -2.12. The van der Waals surface area contributed by atoms with Crippen molar-refractivity contribution in [1.82, 2.24) is 9.97 Å². The standard InChI is InChI=1S/C11H7ClF3N3/c12-8-6-9(16-7-4-2-1-3-5-7)18-10(17-8)11(13,14)15/h1-6H,(H,16,17,18). The minimum Gasteiger partial charge on any atom is -0.340 e. The Kier molecular flexibility index (Phi) is 3.38. The predicted molar refractivity (Wildman–Crippen MR) is 61.8 cm³/mol. The zero-order valence-corrected chi connectivity index (χ0v) is 9.63. The maximum atomic E-state index is 12.5. The molecule has 2 aromatic rings. The third kappa shape index (κ3) is 3.10. The highest BCUT2D eigenvalue weighted by Crippen LogP contribution is 2.28. The van der Waals surface area contributed by atoms with Crippen molar-refractivity contribution in [2.24, 2.45) is 0 Å². The summed E-state index contributed by atoms with van der Waals surface area (Å²) in [4.78, 5) is 6.50. The van der Waals surface area contributed by atoms with E-state index in [1.54, 1.807) is 30.3 Å². The fraction of sp³-hybridized carbons (Fsp3) is 0.0909. The van der Waals surface area contributed by atoms with Crippen LogP contribution in [0.2, 0.25) is 5.15 Å². The third-order valence-electron chi connectivity index (χ3n) is 1.99. The van der Waals surface area contributed by atoms with E-state index in [0.717, 1.165) is 0 Å². The van der Waals surface area contributed by atoms with Crippen molar-refractivity contribution in [2.45, 2.75) is 6.18 Å². The second-order valence-corrected chi connectivity index (χ2v) is 3.78. The number of benzene rings is 1. The number of para-hydroxylation sites is 1. The first kappa shape index (κ1) is 12.6. The third-order valence-corrected chi connectivity index (χ3v) is 2.19. The van der Waals surface area contributed by atoms with Gasteiger partial charge in [-0.2, -0.15) is 13.2 Å². The lowest BCUT2D eigenvalue weighted by Gasteiger charge is -2.09. The number of hydrogen-bond acceptors (Lipinski definition) is 3. The average Bonchev–Trinajstić information content (AvgIpc) is 2.28. The highest BCUT2D eigenvalue weighted by atomic mass is 35.5. The molecule has 1 aromatic carbocycles. The van der Waals surface area contributed by atoms with Gasteiger partial charge in [-0.15, -0.1) is 0 Å².